The molecule has 3 N–H and O–H groups in total. The van der Waals surface area contributed by atoms with Gasteiger partial charge in [-0.15, -0.1) is 0 Å². The molecular formula is C31H37ClN6O4. The van der Waals surface area contributed by atoms with Gasteiger partial charge in [0.05, 0.1) is 28.3 Å². The molecule has 0 spiro atoms. The van der Waals surface area contributed by atoms with Gasteiger partial charge in [-0.1, -0.05) is 42.7 Å². The van der Waals surface area contributed by atoms with Crippen LogP contribution >= 0.6 is 11.6 Å². The number of nitrogens with one attached hydrogen (secondary N) is 2. The summed E-state index contributed by atoms with van der Waals surface area (Å²) in [7, 11) is 0. The highest BCUT2D eigenvalue weighted by atomic mass is 35.5. The summed E-state index contributed by atoms with van der Waals surface area (Å²) >= 11 is 6.61. The molecule has 0 radical (unpaired) electrons. The number of rotatable bonds is 13. The second-order valence-corrected chi connectivity index (χ2v) is 11.5. The van der Waals surface area contributed by atoms with Crippen LogP contribution in [0.1, 0.15) is 46.6 Å². The smallest absolute Gasteiger partial charge is 0.222 e. The normalized spacial score (nSPS) is 12.0. The van der Waals surface area contributed by atoms with E-state index in [-0.39, 0.29) is 12.3 Å². The number of hydrogen-bond donors (Lipinski definition) is 3. The van der Waals surface area contributed by atoms with E-state index in [1.165, 1.54) is 6.33 Å². The molecule has 0 aliphatic heterocycles. The number of ether oxygens (including phenoxy) is 1. The first-order chi connectivity index (χ1) is 20.0. The zero-order valence-corrected chi connectivity index (χ0v) is 25.3. The molecule has 2 aromatic heterocycles. The number of fused-ring (bicyclic) bond motifs is 1. The minimum absolute atomic E-state index is 0.0303. The number of halogens is 1. The minimum atomic E-state index is -1.06. The third-order valence-corrected chi connectivity index (χ3v) is 6.40. The van der Waals surface area contributed by atoms with Crippen molar-refractivity contribution >= 4 is 45.8 Å². The summed E-state index contributed by atoms with van der Waals surface area (Å²) in [5.74, 6) is 1.91. The van der Waals surface area contributed by atoms with Gasteiger partial charge < -0.3 is 29.9 Å². The molecule has 0 unspecified atom stereocenters. The molecule has 0 aliphatic rings. The Kier molecular flexibility index (Phi) is 10.0. The summed E-state index contributed by atoms with van der Waals surface area (Å²) in [5.41, 5.74) is 2.85. The van der Waals surface area contributed by atoms with Gasteiger partial charge >= 0.3 is 0 Å². The summed E-state index contributed by atoms with van der Waals surface area (Å²) in [5, 5.41) is 20.6. The molecule has 2 aromatic carbocycles. The second kappa shape index (κ2) is 13.7. The van der Waals surface area contributed by atoms with E-state index in [1.54, 1.807) is 26.0 Å². The molecule has 222 valence electrons. The average molecular weight is 593 g/mol. The summed E-state index contributed by atoms with van der Waals surface area (Å²) in [6.07, 6.45) is 3.42. The van der Waals surface area contributed by atoms with E-state index < -0.39 is 5.60 Å². The number of amides is 1. The van der Waals surface area contributed by atoms with Crippen LogP contribution in [0, 0.1) is 5.92 Å². The van der Waals surface area contributed by atoms with Gasteiger partial charge in [-0.2, -0.15) is 0 Å². The van der Waals surface area contributed by atoms with E-state index in [0.717, 1.165) is 28.0 Å². The molecule has 4 aromatic rings. The summed E-state index contributed by atoms with van der Waals surface area (Å²) in [4.78, 5) is 26.3. The number of aromatic nitrogens is 3. The molecule has 0 bridgehead atoms. The van der Waals surface area contributed by atoms with E-state index in [2.05, 4.69) is 39.6 Å². The van der Waals surface area contributed by atoms with Crippen LogP contribution in [0.5, 0.6) is 11.5 Å². The first-order valence-electron chi connectivity index (χ1n) is 13.8. The highest BCUT2D eigenvalue weighted by Gasteiger charge is 2.18. The van der Waals surface area contributed by atoms with Crippen LogP contribution in [0.25, 0.3) is 11.0 Å². The van der Waals surface area contributed by atoms with Gasteiger partial charge in [0.25, 0.3) is 0 Å². The lowest BCUT2D eigenvalue weighted by Crippen LogP contribution is -2.33. The van der Waals surface area contributed by atoms with Gasteiger partial charge in [0.15, 0.2) is 5.82 Å². The van der Waals surface area contributed by atoms with Crippen molar-refractivity contribution in [2.45, 2.75) is 53.2 Å². The third kappa shape index (κ3) is 8.67. The Balaban J connectivity index is 1.44. The topological polar surface area (TPSA) is 123 Å². The van der Waals surface area contributed by atoms with E-state index in [4.69, 9.17) is 21.2 Å². The van der Waals surface area contributed by atoms with Gasteiger partial charge in [0, 0.05) is 30.5 Å². The van der Waals surface area contributed by atoms with Crippen molar-refractivity contribution in [1.82, 2.24) is 19.9 Å². The van der Waals surface area contributed by atoms with E-state index in [9.17, 15) is 9.90 Å². The summed E-state index contributed by atoms with van der Waals surface area (Å²) in [6.45, 7) is 10.7. The lowest BCUT2D eigenvalue weighted by molar-refractivity contribution is -0.124. The fourth-order valence-electron chi connectivity index (χ4n) is 4.13. The van der Waals surface area contributed by atoms with Gasteiger partial charge in [-0.3, -0.25) is 4.79 Å². The predicted octanol–water partition coefficient (Wildman–Crippen LogP) is 6.29. The van der Waals surface area contributed by atoms with Crippen LogP contribution < -0.4 is 15.4 Å². The molecule has 11 heteroatoms. The lowest BCUT2D eigenvalue weighted by Gasteiger charge is -2.16. The van der Waals surface area contributed by atoms with Gasteiger partial charge in [-0.25, -0.2) is 9.97 Å². The number of anilines is 2. The molecule has 2 heterocycles. The standard InChI is InChI=1S/C31H37ClN6O4/c1-20(2)18-41-37-21(3)22-7-6-8-24(15-22)42-27-10-9-23(16-25(27)32)36-30-29-26(34-19-35-30)11-13-38(29)14-12-33-28(39)17-31(4,5)40/h6-11,13,15-16,19-20,40H,12,14,17-18H2,1-5H3,(H,33,39)(H,34,35,36). The first kappa shape index (κ1) is 30.8. The maximum atomic E-state index is 12.1. The third-order valence-electron chi connectivity index (χ3n) is 6.10. The number of carbonyl (C=O) groups is 1. The summed E-state index contributed by atoms with van der Waals surface area (Å²) in [6, 6.07) is 14.9. The Morgan fingerprint density at radius 2 is 1.98 bits per heavy atom. The van der Waals surface area contributed by atoms with Crippen molar-refractivity contribution in [3.63, 3.8) is 0 Å². The molecule has 4 rings (SSSR count). The second-order valence-electron chi connectivity index (χ2n) is 11.1. The van der Waals surface area contributed by atoms with Crippen LogP contribution in [0.15, 0.2) is 66.2 Å². The Hall–Kier alpha value is -4.15. The van der Waals surface area contributed by atoms with Crippen molar-refractivity contribution in [3.8, 4) is 11.5 Å². The van der Waals surface area contributed by atoms with Crippen molar-refractivity contribution in [2.24, 2.45) is 11.1 Å². The Morgan fingerprint density at radius 1 is 1.17 bits per heavy atom. The maximum absolute atomic E-state index is 12.1. The largest absolute Gasteiger partial charge is 0.456 e. The SMILES string of the molecule is CC(=NOCC(C)C)c1cccc(Oc2ccc(Nc3ncnc4ccn(CCNC(=O)CC(C)(C)O)c34)cc2Cl)c1. The number of oxime groups is 1. The van der Waals surface area contributed by atoms with Crippen molar-refractivity contribution in [3.05, 3.63) is 71.6 Å². The minimum Gasteiger partial charge on any atom is -0.456 e. The lowest BCUT2D eigenvalue weighted by atomic mass is 10.1. The van der Waals surface area contributed by atoms with Gasteiger partial charge in [0.1, 0.15) is 29.9 Å². The number of carbonyl (C=O) groups excluding carboxylic acids is 1. The van der Waals surface area contributed by atoms with E-state index in [0.29, 0.717) is 48.0 Å². The molecule has 0 saturated carbocycles. The quantitative estimate of drug-likeness (QED) is 0.123. The number of hydrogen-bond acceptors (Lipinski definition) is 8. The van der Waals surface area contributed by atoms with Gasteiger partial charge in [-0.05, 0) is 63.1 Å². The average Bonchev–Trinajstić information content (AvgIpc) is 3.33. The highest BCUT2D eigenvalue weighted by molar-refractivity contribution is 6.32. The number of nitrogens with zero attached hydrogens (tertiary/aromatic N) is 4. The molecule has 42 heavy (non-hydrogen) atoms. The first-order valence-corrected chi connectivity index (χ1v) is 14.2. The molecule has 0 atom stereocenters. The molecule has 0 fully saturated rings. The predicted molar refractivity (Wildman–Crippen MR) is 166 cm³/mol. The summed E-state index contributed by atoms with van der Waals surface area (Å²) < 4.78 is 8.05. The van der Waals surface area contributed by atoms with Crippen LogP contribution in [0.4, 0.5) is 11.5 Å². The Bertz CT molecular complexity index is 1560. The molecule has 1 amide bonds. The zero-order valence-electron chi connectivity index (χ0n) is 24.5. The van der Waals surface area contributed by atoms with Crippen LogP contribution in [0.2, 0.25) is 5.02 Å². The Labute approximate surface area is 250 Å². The van der Waals surface area contributed by atoms with Crippen molar-refractivity contribution < 1.29 is 19.5 Å². The van der Waals surface area contributed by atoms with Crippen molar-refractivity contribution in [1.29, 1.82) is 0 Å². The molecular weight excluding hydrogens is 556 g/mol. The maximum Gasteiger partial charge on any atom is 0.222 e. The number of aliphatic hydroxyl groups is 1. The molecule has 0 saturated heterocycles. The van der Waals surface area contributed by atoms with Gasteiger partial charge in [0.2, 0.25) is 5.91 Å². The monoisotopic (exact) mass is 592 g/mol. The zero-order chi connectivity index (χ0) is 30.3. The molecule has 10 nitrogen and oxygen atoms in total. The van der Waals surface area contributed by atoms with Crippen LogP contribution in [-0.4, -0.2) is 50.0 Å². The fourth-order valence-corrected chi connectivity index (χ4v) is 4.35. The van der Waals surface area contributed by atoms with E-state index in [1.807, 2.05) is 54.1 Å². The van der Waals surface area contributed by atoms with E-state index >= 15 is 0 Å². The fraction of sp³-hybridized carbons (Fsp3) is 0.355. The highest BCUT2D eigenvalue weighted by Crippen LogP contribution is 2.33. The number of benzene rings is 2. The van der Waals surface area contributed by atoms with Crippen LogP contribution in [-0.2, 0) is 16.2 Å². The van der Waals surface area contributed by atoms with Crippen LogP contribution in [0.3, 0.4) is 0 Å². The van der Waals surface area contributed by atoms with Crippen molar-refractivity contribution in [2.75, 3.05) is 18.5 Å². The molecule has 0 aliphatic carbocycles. The Morgan fingerprint density at radius 3 is 2.71 bits per heavy atom.